The fourth-order valence-corrected chi connectivity index (χ4v) is 1.70. The summed E-state index contributed by atoms with van der Waals surface area (Å²) in [5.41, 5.74) is -0.106. The van der Waals surface area contributed by atoms with Gasteiger partial charge >= 0.3 is 0 Å². The van der Waals surface area contributed by atoms with Gasteiger partial charge in [0, 0.05) is 12.5 Å². The second-order valence-electron chi connectivity index (χ2n) is 5.17. The normalized spacial score (nSPS) is 11.6. The number of hydrogen-bond acceptors (Lipinski definition) is 6. The Morgan fingerprint density at radius 3 is 2.70 bits per heavy atom. The van der Waals surface area contributed by atoms with E-state index in [0.29, 0.717) is 17.4 Å². The maximum atomic E-state index is 12.0. The number of hydrogen-bond donors (Lipinski definition) is 1. The number of nitrogens with zero attached hydrogens (tertiary/aromatic N) is 3. The SMILES string of the molecule is CCCc1nc(C(C)(C)NC(=O)c2cc(C)no2)no1. The average Bonchev–Trinajstić information content (AvgIpc) is 2.98. The largest absolute Gasteiger partial charge is 0.351 e. The van der Waals surface area contributed by atoms with E-state index in [0.717, 1.165) is 12.8 Å². The molecular formula is C13H18N4O3. The Kier molecular flexibility index (Phi) is 3.87. The van der Waals surface area contributed by atoms with Crippen molar-refractivity contribution in [2.24, 2.45) is 0 Å². The Balaban J connectivity index is 2.11. The molecule has 0 saturated heterocycles. The minimum absolute atomic E-state index is 0.160. The Morgan fingerprint density at radius 2 is 2.10 bits per heavy atom. The monoisotopic (exact) mass is 278 g/mol. The van der Waals surface area contributed by atoms with Crippen LogP contribution < -0.4 is 5.32 Å². The molecule has 0 aliphatic heterocycles. The zero-order valence-corrected chi connectivity index (χ0v) is 12.1. The van der Waals surface area contributed by atoms with Crippen molar-refractivity contribution < 1.29 is 13.8 Å². The van der Waals surface area contributed by atoms with Crippen molar-refractivity contribution in [1.82, 2.24) is 20.6 Å². The number of rotatable bonds is 5. The Hall–Kier alpha value is -2.18. The van der Waals surface area contributed by atoms with E-state index in [9.17, 15) is 4.79 Å². The van der Waals surface area contributed by atoms with Crippen LogP contribution in [0.25, 0.3) is 0 Å². The summed E-state index contributed by atoms with van der Waals surface area (Å²) in [7, 11) is 0. The van der Waals surface area contributed by atoms with Gasteiger partial charge in [-0.1, -0.05) is 17.2 Å². The summed E-state index contributed by atoms with van der Waals surface area (Å²) in [4.78, 5) is 16.3. The molecule has 0 spiro atoms. The fourth-order valence-electron chi connectivity index (χ4n) is 1.70. The highest BCUT2D eigenvalue weighted by Gasteiger charge is 2.30. The number of aromatic nitrogens is 3. The minimum Gasteiger partial charge on any atom is -0.351 e. The molecule has 0 fully saturated rings. The number of nitrogens with one attached hydrogen (secondary N) is 1. The fraction of sp³-hybridized carbons (Fsp3) is 0.538. The van der Waals surface area contributed by atoms with Gasteiger partial charge < -0.3 is 14.4 Å². The average molecular weight is 278 g/mol. The summed E-state index contributed by atoms with van der Waals surface area (Å²) in [6, 6.07) is 1.57. The standard InChI is InChI=1S/C13H18N4O3/c1-5-6-10-14-12(17-20-10)13(3,4)15-11(18)9-7-8(2)16-19-9/h7H,5-6H2,1-4H3,(H,15,18). The van der Waals surface area contributed by atoms with Crippen LogP contribution in [-0.2, 0) is 12.0 Å². The lowest BCUT2D eigenvalue weighted by molar-refractivity contribution is 0.0869. The zero-order chi connectivity index (χ0) is 14.8. The lowest BCUT2D eigenvalue weighted by atomic mass is 10.0. The molecule has 108 valence electrons. The van der Waals surface area contributed by atoms with Gasteiger partial charge in [0.2, 0.25) is 11.7 Å². The van der Waals surface area contributed by atoms with Crippen LogP contribution in [0.4, 0.5) is 0 Å². The Labute approximate surface area is 116 Å². The van der Waals surface area contributed by atoms with E-state index in [1.54, 1.807) is 26.8 Å². The van der Waals surface area contributed by atoms with Crippen molar-refractivity contribution in [1.29, 1.82) is 0 Å². The minimum atomic E-state index is -0.757. The van der Waals surface area contributed by atoms with E-state index >= 15 is 0 Å². The number of amides is 1. The van der Waals surface area contributed by atoms with Gasteiger partial charge in [0.1, 0.15) is 0 Å². The quantitative estimate of drug-likeness (QED) is 0.898. The van der Waals surface area contributed by atoms with E-state index in [2.05, 4.69) is 20.6 Å². The van der Waals surface area contributed by atoms with Crippen molar-refractivity contribution >= 4 is 5.91 Å². The van der Waals surface area contributed by atoms with E-state index in [4.69, 9.17) is 9.05 Å². The summed E-state index contributed by atoms with van der Waals surface area (Å²) in [5, 5.41) is 10.4. The van der Waals surface area contributed by atoms with Gasteiger partial charge in [-0.25, -0.2) is 0 Å². The molecule has 2 aromatic rings. The highest BCUT2D eigenvalue weighted by Crippen LogP contribution is 2.18. The van der Waals surface area contributed by atoms with Crippen molar-refractivity contribution in [2.45, 2.75) is 46.1 Å². The second-order valence-corrected chi connectivity index (χ2v) is 5.17. The molecule has 0 radical (unpaired) electrons. The van der Waals surface area contributed by atoms with Crippen LogP contribution in [0.2, 0.25) is 0 Å². The molecule has 2 heterocycles. The van der Waals surface area contributed by atoms with Gasteiger partial charge in [-0.2, -0.15) is 4.98 Å². The van der Waals surface area contributed by atoms with Crippen LogP contribution in [0, 0.1) is 6.92 Å². The number of carbonyl (C=O) groups excluding carboxylic acids is 1. The number of aryl methyl sites for hydroxylation is 2. The van der Waals surface area contributed by atoms with Crippen LogP contribution in [0.5, 0.6) is 0 Å². The van der Waals surface area contributed by atoms with Crippen LogP contribution in [-0.4, -0.2) is 21.2 Å². The van der Waals surface area contributed by atoms with Gasteiger partial charge in [0.05, 0.1) is 11.2 Å². The molecule has 0 unspecified atom stereocenters. The Morgan fingerprint density at radius 1 is 1.35 bits per heavy atom. The maximum absolute atomic E-state index is 12.0. The summed E-state index contributed by atoms with van der Waals surface area (Å²) in [6.45, 7) is 7.38. The molecule has 7 nitrogen and oxygen atoms in total. The van der Waals surface area contributed by atoms with Crippen LogP contribution in [0.1, 0.15) is 55.2 Å². The summed E-state index contributed by atoms with van der Waals surface area (Å²) >= 11 is 0. The third kappa shape index (κ3) is 3.04. The molecule has 0 aromatic carbocycles. The maximum Gasteiger partial charge on any atom is 0.290 e. The molecule has 7 heteroatoms. The van der Waals surface area contributed by atoms with Gasteiger partial charge in [-0.3, -0.25) is 4.79 Å². The molecular weight excluding hydrogens is 260 g/mol. The van der Waals surface area contributed by atoms with Gasteiger partial charge in [0.15, 0.2) is 5.82 Å². The van der Waals surface area contributed by atoms with Gasteiger partial charge in [-0.05, 0) is 27.2 Å². The lowest BCUT2D eigenvalue weighted by Gasteiger charge is -2.21. The first kappa shape index (κ1) is 14.2. The van der Waals surface area contributed by atoms with Crippen molar-refractivity contribution in [2.75, 3.05) is 0 Å². The third-order valence-corrected chi connectivity index (χ3v) is 2.77. The smallest absolute Gasteiger partial charge is 0.290 e. The van der Waals surface area contributed by atoms with E-state index in [-0.39, 0.29) is 11.7 Å². The molecule has 0 saturated carbocycles. The predicted molar refractivity (Wildman–Crippen MR) is 70.0 cm³/mol. The molecule has 0 aliphatic carbocycles. The molecule has 20 heavy (non-hydrogen) atoms. The second kappa shape index (κ2) is 5.44. The highest BCUT2D eigenvalue weighted by atomic mass is 16.5. The lowest BCUT2D eigenvalue weighted by Crippen LogP contribution is -2.41. The van der Waals surface area contributed by atoms with E-state index in [1.807, 2.05) is 6.92 Å². The first-order valence-corrected chi connectivity index (χ1v) is 6.51. The van der Waals surface area contributed by atoms with Gasteiger partial charge in [0.25, 0.3) is 5.91 Å². The number of carbonyl (C=O) groups is 1. The predicted octanol–water partition coefficient (Wildman–Crippen LogP) is 1.98. The third-order valence-electron chi connectivity index (χ3n) is 2.77. The zero-order valence-electron chi connectivity index (χ0n) is 12.1. The highest BCUT2D eigenvalue weighted by molar-refractivity contribution is 5.91. The Bertz CT molecular complexity index is 600. The molecule has 0 atom stereocenters. The first-order valence-electron chi connectivity index (χ1n) is 6.51. The van der Waals surface area contributed by atoms with Crippen LogP contribution in [0.15, 0.2) is 15.1 Å². The summed E-state index contributed by atoms with van der Waals surface area (Å²) < 4.78 is 10.1. The molecule has 2 aromatic heterocycles. The van der Waals surface area contributed by atoms with E-state index in [1.165, 1.54) is 0 Å². The molecule has 0 aliphatic rings. The summed E-state index contributed by atoms with van der Waals surface area (Å²) in [5.74, 6) is 0.802. The topological polar surface area (TPSA) is 94.1 Å². The molecule has 0 bridgehead atoms. The summed E-state index contributed by atoms with van der Waals surface area (Å²) in [6.07, 6.45) is 1.64. The van der Waals surface area contributed by atoms with Crippen molar-refractivity contribution in [3.8, 4) is 0 Å². The van der Waals surface area contributed by atoms with Crippen molar-refractivity contribution in [3.63, 3.8) is 0 Å². The molecule has 2 rings (SSSR count). The van der Waals surface area contributed by atoms with Crippen LogP contribution in [0.3, 0.4) is 0 Å². The molecule has 1 amide bonds. The molecule has 1 N–H and O–H groups in total. The van der Waals surface area contributed by atoms with Crippen LogP contribution >= 0.6 is 0 Å². The van der Waals surface area contributed by atoms with E-state index < -0.39 is 5.54 Å². The first-order chi connectivity index (χ1) is 9.42. The van der Waals surface area contributed by atoms with Gasteiger partial charge in [-0.15, -0.1) is 0 Å². The van der Waals surface area contributed by atoms with Crippen molar-refractivity contribution in [3.05, 3.63) is 29.2 Å².